The fourth-order valence-corrected chi connectivity index (χ4v) is 3.30. The molecule has 10 heteroatoms. The average molecular weight is 413 g/mol. The van der Waals surface area contributed by atoms with Gasteiger partial charge in [-0.2, -0.15) is 0 Å². The van der Waals surface area contributed by atoms with Gasteiger partial charge in [0.1, 0.15) is 0 Å². The Morgan fingerprint density at radius 3 is 2.62 bits per heavy atom. The predicted molar refractivity (Wildman–Crippen MR) is 105 cm³/mol. The normalized spacial score (nSPS) is 10.4. The lowest BCUT2D eigenvalue weighted by Gasteiger charge is -2.08. The Balaban J connectivity index is 1.58. The summed E-state index contributed by atoms with van der Waals surface area (Å²) in [5.41, 5.74) is 0.566. The molecule has 2 amide bonds. The van der Waals surface area contributed by atoms with Gasteiger partial charge in [-0.25, -0.2) is 0 Å². The third-order valence-electron chi connectivity index (χ3n) is 3.94. The lowest BCUT2D eigenvalue weighted by molar-refractivity contribution is -0.384. The molecule has 0 radical (unpaired) electrons. The zero-order valence-electron chi connectivity index (χ0n) is 15.1. The highest BCUT2D eigenvalue weighted by Crippen LogP contribution is 2.22. The van der Waals surface area contributed by atoms with Crippen molar-refractivity contribution in [3.05, 3.63) is 79.9 Å². The molecule has 0 aliphatic rings. The number of non-ortho nitro benzene ring substituents is 1. The van der Waals surface area contributed by atoms with Crippen molar-refractivity contribution >= 4 is 40.3 Å². The highest BCUT2D eigenvalue weighted by Gasteiger charge is 2.18. The van der Waals surface area contributed by atoms with Gasteiger partial charge in [-0.1, -0.05) is 6.07 Å². The van der Waals surface area contributed by atoms with Gasteiger partial charge in [0.05, 0.1) is 28.3 Å². The molecule has 0 aliphatic heterocycles. The first-order chi connectivity index (χ1) is 13.8. The Bertz CT molecular complexity index is 1090. The molecule has 148 valence electrons. The second-order valence-electron chi connectivity index (χ2n) is 5.97. The summed E-state index contributed by atoms with van der Waals surface area (Å²) in [4.78, 5) is 47.7. The van der Waals surface area contributed by atoms with Crippen LogP contribution in [0, 0.1) is 17.0 Å². The maximum absolute atomic E-state index is 12.2. The van der Waals surface area contributed by atoms with Crippen molar-refractivity contribution < 1.29 is 23.7 Å². The highest BCUT2D eigenvalue weighted by molar-refractivity contribution is 7.14. The summed E-state index contributed by atoms with van der Waals surface area (Å²) in [7, 11) is 0. The maximum Gasteiger partial charge on any atom is 0.313 e. The van der Waals surface area contributed by atoms with Crippen LogP contribution in [0.1, 0.15) is 25.9 Å². The number of anilines is 1. The minimum Gasteiger partial charge on any atom is -0.461 e. The van der Waals surface area contributed by atoms with Crippen LogP contribution >= 0.6 is 11.3 Å². The van der Waals surface area contributed by atoms with Gasteiger partial charge in [0.2, 0.25) is 5.78 Å². The number of nitrogens with zero attached hydrogens (tertiary/aromatic N) is 1. The quantitative estimate of drug-likeness (QED) is 0.276. The number of hydrogen-bond acceptors (Lipinski definition) is 7. The molecule has 0 atom stereocenters. The Kier molecular flexibility index (Phi) is 5.84. The van der Waals surface area contributed by atoms with Crippen LogP contribution in [0.15, 0.2) is 53.1 Å². The molecular weight excluding hydrogens is 398 g/mol. The first kappa shape index (κ1) is 20.0. The SMILES string of the molecule is Cc1ccc([N+](=O)[O-])cc1NC(=O)C(=O)NCc1ccc(C(=O)c2ccco2)s1. The van der Waals surface area contributed by atoms with E-state index < -0.39 is 16.7 Å². The van der Waals surface area contributed by atoms with Crippen molar-refractivity contribution in [1.82, 2.24) is 5.32 Å². The zero-order chi connectivity index (χ0) is 21.0. The van der Waals surface area contributed by atoms with Crippen molar-refractivity contribution in [3.8, 4) is 0 Å². The molecule has 0 saturated carbocycles. The first-order valence-electron chi connectivity index (χ1n) is 8.36. The fraction of sp³-hybridized carbons (Fsp3) is 0.105. The van der Waals surface area contributed by atoms with E-state index in [1.54, 1.807) is 31.2 Å². The van der Waals surface area contributed by atoms with Crippen LogP contribution in [0.4, 0.5) is 11.4 Å². The minimum absolute atomic E-state index is 0.0519. The molecule has 2 aromatic heterocycles. The molecule has 9 nitrogen and oxygen atoms in total. The van der Waals surface area contributed by atoms with Gasteiger partial charge < -0.3 is 15.1 Å². The average Bonchev–Trinajstić information content (AvgIpc) is 3.39. The topological polar surface area (TPSA) is 132 Å². The maximum atomic E-state index is 12.2. The number of nitrogens with one attached hydrogen (secondary N) is 2. The lowest BCUT2D eigenvalue weighted by atomic mass is 10.2. The Morgan fingerprint density at radius 1 is 1.14 bits per heavy atom. The Labute approximate surface area is 168 Å². The number of nitro benzene ring substituents is 1. The lowest BCUT2D eigenvalue weighted by Crippen LogP contribution is -2.34. The van der Waals surface area contributed by atoms with Gasteiger partial charge in [-0.15, -0.1) is 11.3 Å². The number of benzene rings is 1. The van der Waals surface area contributed by atoms with E-state index >= 15 is 0 Å². The molecule has 2 N–H and O–H groups in total. The molecule has 0 bridgehead atoms. The van der Waals surface area contributed by atoms with Crippen LogP contribution < -0.4 is 10.6 Å². The second-order valence-corrected chi connectivity index (χ2v) is 7.13. The van der Waals surface area contributed by atoms with Crippen molar-refractivity contribution in [1.29, 1.82) is 0 Å². The van der Waals surface area contributed by atoms with E-state index in [0.29, 0.717) is 15.3 Å². The molecular formula is C19H15N3O6S. The number of furan rings is 1. The van der Waals surface area contributed by atoms with Crippen LogP contribution in [0.25, 0.3) is 0 Å². The van der Waals surface area contributed by atoms with Crippen molar-refractivity contribution in [2.24, 2.45) is 0 Å². The number of aryl methyl sites for hydroxylation is 1. The molecule has 29 heavy (non-hydrogen) atoms. The third kappa shape index (κ3) is 4.74. The standard InChI is InChI=1S/C19H15N3O6S/c1-11-4-5-12(22(26)27)9-14(11)21-19(25)18(24)20-10-13-6-7-16(29-13)17(23)15-3-2-8-28-15/h2-9H,10H2,1H3,(H,20,24)(H,21,25). The molecule has 3 rings (SSSR count). The largest absolute Gasteiger partial charge is 0.461 e. The molecule has 1 aromatic carbocycles. The number of carbonyl (C=O) groups excluding carboxylic acids is 3. The van der Waals surface area contributed by atoms with Gasteiger partial charge >= 0.3 is 11.8 Å². The summed E-state index contributed by atoms with van der Waals surface area (Å²) in [6.07, 6.45) is 1.41. The number of ketones is 1. The number of carbonyl (C=O) groups is 3. The van der Waals surface area contributed by atoms with Crippen LogP contribution in [0.2, 0.25) is 0 Å². The van der Waals surface area contributed by atoms with Gasteiger partial charge in [0.25, 0.3) is 5.69 Å². The van der Waals surface area contributed by atoms with Crippen LogP contribution in [-0.2, 0) is 16.1 Å². The third-order valence-corrected chi connectivity index (χ3v) is 5.02. The first-order valence-corrected chi connectivity index (χ1v) is 9.18. The number of amides is 2. The molecule has 0 fully saturated rings. The number of rotatable bonds is 6. The van der Waals surface area contributed by atoms with E-state index in [0.717, 1.165) is 0 Å². The molecule has 0 aliphatic carbocycles. The van der Waals surface area contributed by atoms with E-state index in [1.807, 2.05) is 0 Å². The van der Waals surface area contributed by atoms with E-state index in [2.05, 4.69) is 10.6 Å². The van der Waals surface area contributed by atoms with Gasteiger partial charge in [0, 0.05) is 17.0 Å². The summed E-state index contributed by atoms with van der Waals surface area (Å²) < 4.78 is 5.07. The van der Waals surface area contributed by atoms with E-state index in [-0.39, 0.29) is 29.5 Å². The van der Waals surface area contributed by atoms with E-state index in [1.165, 1.54) is 35.8 Å². The zero-order valence-corrected chi connectivity index (χ0v) is 15.9. The molecule has 0 spiro atoms. The Hall–Kier alpha value is -3.79. The summed E-state index contributed by atoms with van der Waals surface area (Å²) in [5, 5.41) is 15.7. The summed E-state index contributed by atoms with van der Waals surface area (Å²) in [5.74, 6) is -1.90. The number of thiophene rings is 1. The number of nitro groups is 1. The summed E-state index contributed by atoms with van der Waals surface area (Å²) in [6, 6.07) is 10.4. The molecule has 0 saturated heterocycles. The summed E-state index contributed by atoms with van der Waals surface area (Å²) in [6.45, 7) is 1.71. The van der Waals surface area contributed by atoms with Crippen LogP contribution in [-0.4, -0.2) is 22.5 Å². The molecule has 0 unspecified atom stereocenters. The molecule has 3 aromatic rings. The van der Waals surface area contributed by atoms with Crippen molar-refractivity contribution in [2.45, 2.75) is 13.5 Å². The van der Waals surface area contributed by atoms with Crippen molar-refractivity contribution in [3.63, 3.8) is 0 Å². The smallest absolute Gasteiger partial charge is 0.313 e. The van der Waals surface area contributed by atoms with Crippen LogP contribution in [0.3, 0.4) is 0 Å². The van der Waals surface area contributed by atoms with Gasteiger partial charge in [0.15, 0.2) is 5.76 Å². The predicted octanol–water partition coefficient (Wildman–Crippen LogP) is 3.04. The van der Waals surface area contributed by atoms with Crippen LogP contribution in [0.5, 0.6) is 0 Å². The van der Waals surface area contributed by atoms with E-state index in [4.69, 9.17) is 4.42 Å². The summed E-state index contributed by atoms with van der Waals surface area (Å²) >= 11 is 1.17. The van der Waals surface area contributed by atoms with Crippen molar-refractivity contribution in [2.75, 3.05) is 5.32 Å². The highest BCUT2D eigenvalue weighted by atomic mass is 32.1. The second kappa shape index (κ2) is 8.48. The minimum atomic E-state index is -0.947. The van der Waals surface area contributed by atoms with E-state index in [9.17, 15) is 24.5 Å². The fourth-order valence-electron chi connectivity index (χ4n) is 2.41. The Morgan fingerprint density at radius 2 is 1.93 bits per heavy atom. The monoisotopic (exact) mass is 413 g/mol. The van der Waals surface area contributed by atoms with Gasteiger partial charge in [-0.05, 0) is 36.8 Å². The molecule has 2 heterocycles. The van der Waals surface area contributed by atoms with Gasteiger partial charge in [-0.3, -0.25) is 24.5 Å². The number of hydrogen-bond donors (Lipinski definition) is 2.